The van der Waals surface area contributed by atoms with Gasteiger partial charge in [-0.05, 0) is 67.4 Å². The minimum absolute atomic E-state index is 0.179. The molecule has 2 aliphatic heterocycles. The third-order valence-corrected chi connectivity index (χ3v) is 7.33. The SMILES string of the molecule is CCN1CCC(Nc2ccc3c(c2)/C(=C(\c2cccc(C#N)c2)c2nc4ccccc4[nH]2)C(=O)N3)CC1. The maximum atomic E-state index is 13.5. The average Bonchev–Trinajstić information content (AvgIpc) is 3.50. The molecule has 4 aromatic rings. The summed E-state index contributed by atoms with van der Waals surface area (Å²) in [6.45, 7) is 5.48. The van der Waals surface area contributed by atoms with Crippen LogP contribution in [-0.2, 0) is 4.79 Å². The zero-order chi connectivity index (χ0) is 25.4. The number of hydrogen-bond donors (Lipinski definition) is 3. The first-order chi connectivity index (χ1) is 18.1. The number of benzene rings is 3. The first-order valence-corrected chi connectivity index (χ1v) is 12.8. The fourth-order valence-electron chi connectivity index (χ4n) is 5.35. The van der Waals surface area contributed by atoms with Crippen molar-refractivity contribution >= 4 is 39.5 Å². The zero-order valence-electron chi connectivity index (χ0n) is 20.7. The van der Waals surface area contributed by atoms with Gasteiger partial charge in [-0.25, -0.2) is 4.98 Å². The van der Waals surface area contributed by atoms with Crippen molar-refractivity contribution in [2.45, 2.75) is 25.8 Å². The number of aromatic amines is 1. The van der Waals surface area contributed by atoms with Gasteiger partial charge in [-0.2, -0.15) is 5.26 Å². The summed E-state index contributed by atoms with van der Waals surface area (Å²) >= 11 is 0. The fourth-order valence-corrected chi connectivity index (χ4v) is 5.35. The molecule has 1 amide bonds. The normalized spacial score (nSPS) is 17.4. The van der Waals surface area contributed by atoms with Gasteiger partial charge in [-0.3, -0.25) is 4.79 Å². The van der Waals surface area contributed by atoms with Crippen LogP contribution in [0.25, 0.3) is 22.2 Å². The monoisotopic (exact) mass is 488 g/mol. The van der Waals surface area contributed by atoms with Crippen LogP contribution in [0.4, 0.5) is 11.4 Å². The van der Waals surface area contributed by atoms with E-state index < -0.39 is 0 Å². The highest BCUT2D eigenvalue weighted by Crippen LogP contribution is 2.41. The Kier molecular flexibility index (Phi) is 5.95. The number of carbonyl (C=O) groups is 1. The minimum atomic E-state index is -0.179. The van der Waals surface area contributed by atoms with E-state index in [9.17, 15) is 10.1 Å². The Labute approximate surface area is 215 Å². The number of piperidine rings is 1. The maximum Gasteiger partial charge on any atom is 0.257 e. The lowest BCUT2D eigenvalue weighted by Gasteiger charge is -2.32. The van der Waals surface area contributed by atoms with Crippen LogP contribution in [0.15, 0.2) is 66.7 Å². The number of imidazole rings is 1. The summed E-state index contributed by atoms with van der Waals surface area (Å²) in [7, 11) is 0. The van der Waals surface area contributed by atoms with E-state index in [1.54, 1.807) is 6.07 Å². The Morgan fingerprint density at radius 2 is 1.95 bits per heavy atom. The van der Waals surface area contributed by atoms with Gasteiger partial charge in [0.2, 0.25) is 0 Å². The number of hydrogen-bond acceptors (Lipinski definition) is 5. The molecular formula is C30H28N6O. The molecule has 0 saturated carbocycles. The molecule has 7 nitrogen and oxygen atoms in total. The zero-order valence-corrected chi connectivity index (χ0v) is 20.7. The largest absolute Gasteiger partial charge is 0.382 e. The van der Waals surface area contributed by atoms with Crippen LogP contribution in [0.1, 0.15) is 42.3 Å². The molecule has 37 heavy (non-hydrogen) atoms. The van der Waals surface area contributed by atoms with E-state index in [2.05, 4.69) is 39.6 Å². The molecule has 3 aromatic carbocycles. The van der Waals surface area contributed by atoms with E-state index in [-0.39, 0.29) is 5.91 Å². The Bertz CT molecular complexity index is 1540. The number of nitrogens with one attached hydrogen (secondary N) is 3. The van der Waals surface area contributed by atoms with Crippen LogP contribution in [0, 0.1) is 11.3 Å². The number of fused-ring (bicyclic) bond motifs is 2. The van der Waals surface area contributed by atoms with Gasteiger partial charge in [0.05, 0.1) is 28.2 Å². The molecule has 2 aliphatic rings. The third-order valence-electron chi connectivity index (χ3n) is 7.33. The molecule has 3 heterocycles. The van der Waals surface area contributed by atoms with Gasteiger partial charge in [0.25, 0.3) is 5.91 Å². The van der Waals surface area contributed by atoms with E-state index in [0.717, 1.165) is 66.0 Å². The lowest BCUT2D eigenvalue weighted by atomic mass is 9.93. The van der Waals surface area contributed by atoms with Crippen molar-refractivity contribution in [3.05, 3.63) is 89.2 Å². The van der Waals surface area contributed by atoms with Gasteiger partial charge in [0.1, 0.15) is 5.82 Å². The average molecular weight is 489 g/mol. The predicted molar refractivity (Wildman–Crippen MR) is 147 cm³/mol. The standard InChI is InChI=1S/C30H28N6O/c1-2-36-14-12-21(13-15-36)32-22-10-11-24-23(17-22)28(30(37)35-24)27(20-7-5-6-19(16-20)18-31)29-33-25-8-3-4-9-26(25)34-29/h3-11,16-17,21,32H,2,12-15H2,1H3,(H,33,34)(H,35,37)/b28-27-. The topological polar surface area (TPSA) is 96.8 Å². The molecule has 184 valence electrons. The summed E-state index contributed by atoms with van der Waals surface area (Å²) in [4.78, 5) is 24.2. The number of nitriles is 1. The highest BCUT2D eigenvalue weighted by atomic mass is 16.2. The first-order valence-electron chi connectivity index (χ1n) is 12.8. The van der Waals surface area contributed by atoms with Gasteiger partial charge < -0.3 is 20.5 Å². The van der Waals surface area contributed by atoms with E-state index in [1.165, 1.54) is 0 Å². The molecule has 7 heteroatoms. The highest BCUT2D eigenvalue weighted by molar-refractivity contribution is 6.38. The van der Waals surface area contributed by atoms with Crippen LogP contribution >= 0.6 is 0 Å². The molecule has 0 bridgehead atoms. The second-order valence-corrected chi connectivity index (χ2v) is 9.61. The van der Waals surface area contributed by atoms with Crippen molar-refractivity contribution in [2.24, 2.45) is 0 Å². The van der Waals surface area contributed by atoms with Crippen LogP contribution in [0.5, 0.6) is 0 Å². The number of H-pyrrole nitrogens is 1. The van der Waals surface area contributed by atoms with Crippen molar-refractivity contribution in [1.82, 2.24) is 14.9 Å². The second-order valence-electron chi connectivity index (χ2n) is 9.61. The fraction of sp³-hybridized carbons (Fsp3) is 0.233. The van der Waals surface area contributed by atoms with Crippen molar-refractivity contribution in [3.8, 4) is 6.07 Å². The first kappa shape index (κ1) is 23.0. The molecule has 6 rings (SSSR count). The lowest BCUT2D eigenvalue weighted by Crippen LogP contribution is -2.38. The summed E-state index contributed by atoms with van der Waals surface area (Å²) in [5, 5.41) is 16.3. The maximum absolute atomic E-state index is 13.5. The highest BCUT2D eigenvalue weighted by Gasteiger charge is 2.31. The van der Waals surface area contributed by atoms with Crippen molar-refractivity contribution in [2.75, 3.05) is 30.3 Å². The lowest BCUT2D eigenvalue weighted by molar-refractivity contribution is -0.110. The van der Waals surface area contributed by atoms with E-state index in [0.29, 0.717) is 28.6 Å². The van der Waals surface area contributed by atoms with Crippen LogP contribution in [0.3, 0.4) is 0 Å². The number of aromatic nitrogens is 2. The van der Waals surface area contributed by atoms with Crippen LogP contribution < -0.4 is 10.6 Å². The number of para-hydroxylation sites is 2. The number of anilines is 2. The third kappa shape index (κ3) is 4.37. The van der Waals surface area contributed by atoms with Gasteiger partial charge in [0, 0.05) is 41.6 Å². The van der Waals surface area contributed by atoms with Crippen LogP contribution in [0.2, 0.25) is 0 Å². The molecule has 0 aliphatic carbocycles. The molecule has 0 spiro atoms. The summed E-state index contributed by atoms with van der Waals surface area (Å²) in [5.74, 6) is 0.417. The number of carbonyl (C=O) groups excluding carboxylic acids is 1. The Morgan fingerprint density at radius 1 is 1.11 bits per heavy atom. The Morgan fingerprint density at radius 3 is 2.73 bits per heavy atom. The quantitative estimate of drug-likeness (QED) is 0.334. The van der Waals surface area contributed by atoms with Gasteiger partial charge >= 0.3 is 0 Å². The summed E-state index contributed by atoms with van der Waals surface area (Å²) < 4.78 is 0. The van der Waals surface area contributed by atoms with E-state index in [1.807, 2.05) is 54.6 Å². The predicted octanol–water partition coefficient (Wildman–Crippen LogP) is 5.24. The Hall–Kier alpha value is -4.41. The van der Waals surface area contributed by atoms with Crippen molar-refractivity contribution in [3.63, 3.8) is 0 Å². The molecule has 3 N–H and O–H groups in total. The number of amides is 1. The molecular weight excluding hydrogens is 460 g/mol. The minimum Gasteiger partial charge on any atom is -0.382 e. The molecule has 0 atom stereocenters. The van der Waals surface area contributed by atoms with Gasteiger partial charge in [-0.1, -0.05) is 31.2 Å². The van der Waals surface area contributed by atoms with E-state index in [4.69, 9.17) is 4.98 Å². The summed E-state index contributed by atoms with van der Waals surface area (Å²) in [5.41, 5.74) is 6.83. The van der Waals surface area contributed by atoms with Gasteiger partial charge in [0.15, 0.2) is 0 Å². The molecule has 0 unspecified atom stereocenters. The van der Waals surface area contributed by atoms with Gasteiger partial charge in [-0.15, -0.1) is 0 Å². The van der Waals surface area contributed by atoms with Crippen LogP contribution in [-0.4, -0.2) is 46.5 Å². The molecule has 0 radical (unpaired) electrons. The van der Waals surface area contributed by atoms with E-state index >= 15 is 0 Å². The molecule has 1 saturated heterocycles. The summed E-state index contributed by atoms with van der Waals surface area (Å²) in [6.07, 6.45) is 2.19. The number of rotatable bonds is 5. The second kappa shape index (κ2) is 9.57. The Balaban J connectivity index is 1.47. The van der Waals surface area contributed by atoms with Crippen molar-refractivity contribution < 1.29 is 4.79 Å². The number of nitrogens with zero attached hydrogens (tertiary/aromatic N) is 3. The molecule has 1 aromatic heterocycles. The van der Waals surface area contributed by atoms with Crippen molar-refractivity contribution in [1.29, 1.82) is 5.26 Å². The molecule has 1 fully saturated rings. The summed E-state index contributed by atoms with van der Waals surface area (Å²) in [6, 6.07) is 23.8. The number of likely N-dealkylation sites (tertiary alicyclic amines) is 1. The smallest absolute Gasteiger partial charge is 0.257 e.